The Balaban J connectivity index is 1.91. The summed E-state index contributed by atoms with van der Waals surface area (Å²) in [5, 5.41) is 0. The molecule has 1 aliphatic rings. The van der Waals surface area contributed by atoms with Crippen LogP contribution in [0.25, 0.3) is 0 Å². The summed E-state index contributed by atoms with van der Waals surface area (Å²) in [6, 6.07) is 2.95. The number of hydrogen-bond acceptors (Lipinski definition) is 5. The van der Waals surface area contributed by atoms with Gasteiger partial charge >= 0.3 is 21.5 Å². The summed E-state index contributed by atoms with van der Waals surface area (Å²) in [6.45, 7) is -0.634. The van der Waals surface area contributed by atoms with Gasteiger partial charge in [0.2, 0.25) is 0 Å². The molecule has 28 heavy (non-hydrogen) atoms. The van der Waals surface area contributed by atoms with Gasteiger partial charge in [0, 0.05) is 11.6 Å². The molecule has 0 bridgehead atoms. The Bertz CT molecular complexity index is 1000. The molecule has 2 heterocycles. The molecule has 0 saturated carbocycles. The van der Waals surface area contributed by atoms with Crippen LogP contribution in [0.4, 0.5) is 30.7 Å². The Hall–Kier alpha value is -2.41. The molecule has 1 aromatic heterocycles. The van der Waals surface area contributed by atoms with Gasteiger partial charge in [0.05, 0.1) is 12.8 Å². The van der Waals surface area contributed by atoms with Crippen molar-refractivity contribution in [1.82, 2.24) is 4.98 Å². The molecule has 1 saturated heterocycles. The molecule has 3 rings (SSSR count). The number of nitrogens with zero attached hydrogens (tertiary/aromatic N) is 1. The van der Waals surface area contributed by atoms with E-state index in [4.69, 9.17) is 4.74 Å². The minimum Gasteiger partial charge on any atom is -0.374 e. The van der Waals surface area contributed by atoms with Crippen molar-refractivity contribution in [3.63, 3.8) is 0 Å². The molecule has 5 nitrogen and oxygen atoms in total. The lowest BCUT2D eigenvalue weighted by molar-refractivity contribution is -0.0902. The summed E-state index contributed by atoms with van der Waals surface area (Å²) < 4.78 is 124. The van der Waals surface area contributed by atoms with E-state index in [-0.39, 0.29) is 0 Å². The zero-order valence-electron chi connectivity index (χ0n) is 13.3. The highest BCUT2D eigenvalue weighted by Crippen LogP contribution is 2.56. The Labute approximate surface area is 152 Å². The number of halogens is 7. The maximum atomic E-state index is 14.8. The fraction of sp³-hybridized carbons (Fsp3) is 0.267. The van der Waals surface area contributed by atoms with Crippen molar-refractivity contribution in [3.05, 3.63) is 59.4 Å². The van der Waals surface area contributed by atoms with Crippen LogP contribution in [0.2, 0.25) is 0 Å². The van der Waals surface area contributed by atoms with Crippen LogP contribution < -0.4 is 4.18 Å². The van der Waals surface area contributed by atoms with Gasteiger partial charge in [-0.05, 0) is 24.3 Å². The molecule has 1 atom stereocenters. The first-order chi connectivity index (χ1) is 12.8. The molecule has 13 heteroatoms. The molecule has 0 spiro atoms. The lowest BCUT2D eigenvalue weighted by Gasteiger charge is -2.24. The van der Waals surface area contributed by atoms with E-state index in [1.807, 2.05) is 0 Å². The van der Waals surface area contributed by atoms with E-state index in [1.54, 1.807) is 0 Å². The number of rotatable bonds is 5. The van der Waals surface area contributed by atoms with E-state index in [9.17, 15) is 39.2 Å². The molecule has 0 amide bonds. The average Bonchev–Trinajstić information content (AvgIpc) is 3.36. The summed E-state index contributed by atoms with van der Waals surface area (Å²) in [5.41, 5.74) is -9.90. The number of ether oxygens (including phenoxy) is 1. The topological polar surface area (TPSA) is 68.8 Å². The Morgan fingerprint density at radius 2 is 1.71 bits per heavy atom. The third-order valence-corrected chi connectivity index (χ3v) is 4.83. The molecule has 1 fully saturated rings. The van der Waals surface area contributed by atoms with E-state index in [1.165, 1.54) is 0 Å². The first-order valence-electron chi connectivity index (χ1n) is 7.25. The normalized spacial score (nSPS) is 20.1. The SMILES string of the molecule is O=S(=O)(Oc1ccc(C(F)(F)C2(c3ccc(F)cc3F)CO2)nc1)C(F)(F)F. The molecule has 0 radical (unpaired) electrons. The van der Waals surface area contributed by atoms with E-state index >= 15 is 0 Å². The van der Waals surface area contributed by atoms with Gasteiger partial charge in [-0.15, -0.1) is 0 Å². The molecule has 1 aliphatic heterocycles. The quantitative estimate of drug-likeness (QED) is 0.313. The summed E-state index contributed by atoms with van der Waals surface area (Å²) in [5.74, 6) is -7.22. The van der Waals surface area contributed by atoms with Crippen molar-refractivity contribution in [2.45, 2.75) is 17.0 Å². The Kier molecular flexibility index (Phi) is 4.58. The molecule has 0 aliphatic carbocycles. The van der Waals surface area contributed by atoms with Gasteiger partial charge in [-0.3, -0.25) is 4.98 Å². The van der Waals surface area contributed by atoms with Crippen LogP contribution in [-0.2, 0) is 26.4 Å². The van der Waals surface area contributed by atoms with Crippen LogP contribution in [0.3, 0.4) is 0 Å². The van der Waals surface area contributed by atoms with Crippen LogP contribution in [-0.4, -0.2) is 25.5 Å². The molecule has 1 aromatic carbocycles. The van der Waals surface area contributed by atoms with Gasteiger partial charge in [0.25, 0.3) is 0 Å². The van der Waals surface area contributed by atoms with Gasteiger partial charge in [-0.25, -0.2) is 8.78 Å². The Morgan fingerprint density at radius 1 is 1.07 bits per heavy atom. The van der Waals surface area contributed by atoms with Crippen molar-refractivity contribution in [1.29, 1.82) is 0 Å². The summed E-state index contributed by atoms with van der Waals surface area (Å²) in [6.07, 6.45) is 0.337. The van der Waals surface area contributed by atoms with Crippen molar-refractivity contribution in [2.75, 3.05) is 6.61 Å². The smallest absolute Gasteiger partial charge is 0.374 e. The van der Waals surface area contributed by atoms with Crippen LogP contribution in [0.15, 0.2) is 36.5 Å². The molecular formula is C15H8F7NO4S. The number of epoxide rings is 1. The molecule has 0 N–H and O–H groups in total. The largest absolute Gasteiger partial charge is 0.534 e. The van der Waals surface area contributed by atoms with E-state index in [0.29, 0.717) is 24.4 Å². The third kappa shape index (κ3) is 3.28. The number of pyridine rings is 1. The average molecular weight is 431 g/mol. The zero-order chi connectivity index (χ0) is 21.0. The minimum absolute atomic E-state index is 0.337. The Morgan fingerprint density at radius 3 is 2.18 bits per heavy atom. The van der Waals surface area contributed by atoms with Gasteiger partial charge in [0.15, 0.2) is 11.4 Å². The highest BCUT2D eigenvalue weighted by molar-refractivity contribution is 7.88. The van der Waals surface area contributed by atoms with Gasteiger partial charge in [-0.2, -0.15) is 30.4 Å². The maximum Gasteiger partial charge on any atom is 0.534 e. The van der Waals surface area contributed by atoms with Crippen LogP contribution in [0.5, 0.6) is 5.75 Å². The van der Waals surface area contributed by atoms with Crippen molar-refractivity contribution >= 4 is 10.1 Å². The van der Waals surface area contributed by atoms with Gasteiger partial charge in [-0.1, -0.05) is 0 Å². The minimum atomic E-state index is -6.01. The first-order valence-corrected chi connectivity index (χ1v) is 8.65. The van der Waals surface area contributed by atoms with Crippen LogP contribution in [0, 0.1) is 11.6 Å². The molecule has 1 unspecified atom stereocenters. The fourth-order valence-corrected chi connectivity index (χ4v) is 2.84. The maximum absolute atomic E-state index is 14.8. The highest BCUT2D eigenvalue weighted by atomic mass is 32.2. The third-order valence-electron chi connectivity index (χ3n) is 3.85. The second kappa shape index (κ2) is 6.30. The summed E-state index contributed by atoms with van der Waals surface area (Å²) in [7, 11) is -6.01. The molecule has 2 aromatic rings. The van der Waals surface area contributed by atoms with Crippen LogP contribution >= 0.6 is 0 Å². The molecule has 152 valence electrons. The lowest BCUT2D eigenvalue weighted by atomic mass is 9.90. The standard InChI is InChI=1S/C15H8F7NO4S/c16-8-1-3-10(11(17)5-8)13(7-26-13)14(18,19)12-4-2-9(6-23-12)27-28(24,25)15(20,21)22/h1-6H,7H2. The van der Waals surface area contributed by atoms with E-state index in [0.717, 1.165) is 12.1 Å². The summed E-state index contributed by atoms with van der Waals surface area (Å²) in [4.78, 5) is 3.21. The monoisotopic (exact) mass is 431 g/mol. The van der Waals surface area contributed by atoms with Crippen molar-refractivity contribution in [2.24, 2.45) is 0 Å². The predicted molar refractivity (Wildman–Crippen MR) is 77.7 cm³/mol. The van der Waals surface area contributed by atoms with Gasteiger partial charge < -0.3 is 8.92 Å². The second-order valence-corrected chi connectivity index (χ2v) is 7.21. The van der Waals surface area contributed by atoms with Crippen LogP contribution in [0.1, 0.15) is 11.3 Å². The molecular weight excluding hydrogens is 423 g/mol. The number of alkyl halides is 5. The highest BCUT2D eigenvalue weighted by Gasteiger charge is 2.68. The number of hydrogen-bond donors (Lipinski definition) is 0. The second-order valence-electron chi connectivity index (χ2n) is 5.68. The van der Waals surface area contributed by atoms with Crippen molar-refractivity contribution in [3.8, 4) is 5.75 Å². The number of aromatic nitrogens is 1. The van der Waals surface area contributed by atoms with Crippen molar-refractivity contribution < 1.29 is 48.1 Å². The summed E-state index contributed by atoms with van der Waals surface area (Å²) >= 11 is 0. The van der Waals surface area contributed by atoms with E-state index < -0.39 is 62.4 Å². The van der Waals surface area contributed by atoms with E-state index in [2.05, 4.69) is 9.17 Å². The van der Waals surface area contributed by atoms with Gasteiger partial charge in [0.1, 0.15) is 17.3 Å². The predicted octanol–water partition coefficient (Wildman–Crippen LogP) is 3.61. The lowest BCUT2D eigenvalue weighted by Crippen LogP contribution is -2.34. The fourth-order valence-electron chi connectivity index (χ4n) is 2.39. The number of benzene rings is 1. The zero-order valence-corrected chi connectivity index (χ0v) is 14.1. The first kappa shape index (κ1) is 20.3.